The molecule has 1 heterocycles. The molecule has 2 aromatic rings. The molecule has 2 unspecified atom stereocenters. The minimum Gasteiger partial charge on any atom is -0.481 e. The normalized spacial score (nSPS) is 19.1. The second-order valence-electron chi connectivity index (χ2n) is 9.15. The van der Waals surface area contributed by atoms with E-state index in [1.807, 2.05) is 42.5 Å². The van der Waals surface area contributed by atoms with Crippen LogP contribution in [0.5, 0.6) is 5.75 Å². The Labute approximate surface area is 190 Å². The van der Waals surface area contributed by atoms with Gasteiger partial charge in [-0.05, 0) is 48.1 Å². The molecule has 0 N–H and O–H groups in total. The van der Waals surface area contributed by atoms with E-state index in [-0.39, 0.29) is 35.4 Å². The number of sulfone groups is 1. The molecule has 31 heavy (non-hydrogen) atoms. The average Bonchev–Trinajstić information content (AvgIpc) is 3.06. The molecule has 0 bridgehead atoms. The number of ether oxygens (including phenoxy) is 1. The number of benzene rings is 2. The van der Waals surface area contributed by atoms with Crippen LogP contribution in [-0.4, -0.2) is 42.9 Å². The molecule has 2 aromatic carbocycles. The molecule has 0 aliphatic carbocycles. The van der Waals surface area contributed by atoms with Crippen LogP contribution in [0.4, 0.5) is 0 Å². The molecule has 1 amide bonds. The van der Waals surface area contributed by atoms with Crippen LogP contribution >= 0.6 is 11.6 Å². The molecule has 1 aliphatic rings. The van der Waals surface area contributed by atoms with Gasteiger partial charge < -0.3 is 9.64 Å². The molecule has 2 atom stereocenters. The summed E-state index contributed by atoms with van der Waals surface area (Å²) in [7, 11) is -3.15. The second-order valence-corrected chi connectivity index (χ2v) is 11.8. The summed E-state index contributed by atoms with van der Waals surface area (Å²) in [5, 5.41) is 0.549. The average molecular weight is 464 g/mol. The van der Waals surface area contributed by atoms with E-state index in [2.05, 4.69) is 20.8 Å². The van der Waals surface area contributed by atoms with Crippen LogP contribution in [0.2, 0.25) is 5.02 Å². The van der Waals surface area contributed by atoms with Crippen molar-refractivity contribution in [3.05, 3.63) is 64.7 Å². The van der Waals surface area contributed by atoms with Gasteiger partial charge in [0.05, 0.1) is 11.5 Å². The Morgan fingerprint density at radius 3 is 2.35 bits per heavy atom. The minimum atomic E-state index is -3.15. The van der Waals surface area contributed by atoms with Crippen molar-refractivity contribution in [3.63, 3.8) is 0 Å². The van der Waals surface area contributed by atoms with Gasteiger partial charge in [0.15, 0.2) is 15.9 Å². The van der Waals surface area contributed by atoms with Gasteiger partial charge in [-0.1, -0.05) is 62.7 Å². The third-order valence-corrected chi connectivity index (χ3v) is 7.73. The number of carbonyl (C=O) groups excluding carboxylic acids is 1. The Morgan fingerprint density at radius 1 is 1.16 bits per heavy atom. The van der Waals surface area contributed by atoms with Crippen LogP contribution in [0.3, 0.4) is 0 Å². The van der Waals surface area contributed by atoms with E-state index in [4.69, 9.17) is 16.3 Å². The lowest BCUT2D eigenvalue weighted by atomic mass is 9.87. The van der Waals surface area contributed by atoms with Gasteiger partial charge in [0.1, 0.15) is 5.75 Å². The first-order valence-electron chi connectivity index (χ1n) is 10.5. The van der Waals surface area contributed by atoms with E-state index in [1.165, 1.54) is 5.56 Å². The largest absolute Gasteiger partial charge is 0.481 e. The quantitative estimate of drug-likeness (QED) is 0.627. The number of rotatable bonds is 6. The summed E-state index contributed by atoms with van der Waals surface area (Å²) in [5.41, 5.74) is 1.98. The Morgan fingerprint density at radius 2 is 1.81 bits per heavy atom. The van der Waals surface area contributed by atoms with E-state index in [0.717, 1.165) is 5.56 Å². The van der Waals surface area contributed by atoms with Crippen LogP contribution in [-0.2, 0) is 26.6 Å². The zero-order valence-electron chi connectivity index (χ0n) is 18.5. The van der Waals surface area contributed by atoms with Gasteiger partial charge in [-0.25, -0.2) is 8.42 Å². The second kappa shape index (κ2) is 9.21. The molecule has 5 nitrogen and oxygen atoms in total. The van der Waals surface area contributed by atoms with Crippen LogP contribution < -0.4 is 4.74 Å². The maximum Gasteiger partial charge on any atom is 0.263 e. The number of hydrogen-bond donors (Lipinski definition) is 0. The van der Waals surface area contributed by atoms with Gasteiger partial charge in [-0.3, -0.25) is 4.79 Å². The lowest BCUT2D eigenvalue weighted by Crippen LogP contribution is -2.46. The Bertz CT molecular complexity index is 1030. The molecular weight excluding hydrogens is 434 g/mol. The highest BCUT2D eigenvalue weighted by Crippen LogP contribution is 2.27. The fourth-order valence-corrected chi connectivity index (χ4v) is 5.67. The van der Waals surface area contributed by atoms with Crippen LogP contribution in [0.1, 0.15) is 45.2 Å². The maximum absolute atomic E-state index is 13.4. The van der Waals surface area contributed by atoms with E-state index in [9.17, 15) is 13.2 Å². The number of carbonyl (C=O) groups is 1. The lowest BCUT2D eigenvalue weighted by molar-refractivity contribution is -0.140. The highest BCUT2D eigenvalue weighted by Gasteiger charge is 2.37. The summed E-state index contributed by atoms with van der Waals surface area (Å²) in [6.45, 7) is 8.35. The summed E-state index contributed by atoms with van der Waals surface area (Å²) >= 11 is 6.31. The SMILES string of the molecule is CC(Oc1ccc(C(C)(C)C)cc1)C(=O)N(Cc1ccccc1Cl)C1CCS(=O)(=O)C1. The first kappa shape index (κ1) is 23.6. The molecule has 168 valence electrons. The van der Waals surface area contributed by atoms with Crippen molar-refractivity contribution in [3.8, 4) is 5.75 Å². The molecule has 1 saturated heterocycles. The van der Waals surface area contributed by atoms with Gasteiger partial charge in [0.25, 0.3) is 5.91 Å². The fraction of sp³-hybridized carbons (Fsp3) is 0.458. The van der Waals surface area contributed by atoms with Crippen molar-refractivity contribution < 1.29 is 17.9 Å². The Balaban J connectivity index is 1.79. The third kappa shape index (κ3) is 6.01. The molecule has 0 saturated carbocycles. The van der Waals surface area contributed by atoms with Crippen LogP contribution in [0.25, 0.3) is 0 Å². The highest BCUT2D eigenvalue weighted by atomic mass is 35.5. The van der Waals surface area contributed by atoms with E-state index in [0.29, 0.717) is 17.2 Å². The fourth-order valence-electron chi connectivity index (χ4n) is 3.74. The predicted molar refractivity (Wildman–Crippen MR) is 124 cm³/mol. The van der Waals surface area contributed by atoms with Crippen LogP contribution in [0.15, 0.2) is 48.5 Å². The van der Waals surface area contributed by atoms with E-state index < -0.39 is 15.9 Å². The molecule has 0 spiro atoms. The standard InChI is InChI=1S/C24H30ClNO4S/c1-17(30-21-11-9-19(10-12-21)24(2,3)4)23(27)26(20-13-14-31(28,29)16-20)15-18-7-5-6-8-22(18)25/h5-12,17,20H,13-16H2,1-4H3. The molecule has 1 aliphatic heterocycles. The van der Waals surface area contributed by atoms with Gasteiger partial charge in [0, 0.05) is 17.6 Å². The zero-order valence-corrected chi connectivity index (χ0v) is 20.0. The van der Waals surface area contributed by atoms with Crippen molar-refractivity contribution in [2.24, 2.45) is 0 Å². The molecule has 3 rings (SSSR count). The molecule has 1 fully saturated rings. The summed E-state index contributed by atoms with van der Waals surface area (Å²) in [5.74, 6) is 0.413. The molecule has 0 radical (unpaired) electrons. The summed E-state index contributed by atoms with van der Waals surface area (Å²) in [4.78, 5) is 15.0. The Kier molecular flexibility index (Phi) is 7.01. The smallest absolute Gasteiger partial charge is 0.263 e. The minimum absolute atomic E-state index is 0.0275. The summed E-state index contributed by atoms with van der Waals surface area (Å²) in [6, 6.07) is 14.6. The van der Waals surface area contributed by atoms with Crippen LogP contribution in [0, 0.1) is 0 Å². The highest BCUT2D eigenvalue weighted by molar-refractivity contribution is 7.91. The zero-order chi connectivity index (χ0) is 22.8. The first-order valence-corrected chi connectivity index (χ1v) is 12.7. The predicted octanol–water partition coefficient (Wildman–Crippen LogP) is 4.62. The summed E-state index contributed by atoms with van der Waals surface area (Å²) < 4.78 is 30.1. The van der Waals surface area contributed by atoms with Crippen molar-refractivity contribution in [1.82, 2.24) is 4.90 Å². The topological polar surface area (TPSA) is 63.7 Å². The molecule has 0 aromatic heterocycles. The third-order valence-electron chi connectivity index (χ3n) is 5.61. The number of hydrogen-bond acceptors (Lipinski definition) is 4. The first-order chi connectivity index (χ1) is 14.5. The monoisotopic (exact) mass is 463 g/mol. The molecular formula is C24H30ClNO4S. The van der Waals surface area contributed by atoms with Crippen molar-refractivity contribution >= 4 is 27.3 Å². The van der Waals surface area contributed by atoms with E-state index >= 15 is 0 Å². The Hall–Kier alpha value is -2.05. The number of halogens is 1. The lowest BCUT2D eigenvalue weighted by Gasteiger charge is -2.31. The van der Waals surface area contributed by atoms with Gasteiger partial charge in [-0.15, -0.1) is 0 Å². The maximum atomic E-state index is 13.4. The van der Waals surface area contributed by atoms with Crippen molar-refractivity contribution in [1.29, 1.82) is 0 Å². The summed E-state index contributed by atoms with van der Waals surface area (Å²) in [6.07, 6.45) is -0.336. The van der Waals surface area contributed by atoms with E-state index in [1.54, 1.807) is 17.9 Å². The van der Waals surface area contributed by atoms with Gasteiger partial charge >= 0.3 is 0 Å². The number of amides is 1. The molecule has 7 heteroatoms. The van der Waals surface area contributed by atoms with Crippen molar-refractivity contribution in [2.45, 2.75) is 58.2 Å². The number of nitrogens with zero attached hydrogens (tertiary/aromatic N) is 1. The van der Waals surface area contributed by atoms with Crippen molar-refractivity contribution in [2.75, 3.05) is 11.5 Å². The van der Waals surface area contributed by atoms with Gasteiger partial charge in [0.2, 0.25) is 0 Å². The van der Waals surface area contributed by atoms with Gasteiger partial charge in [-0.2, -0.15) is 0 Å².